The summed E-state index contributed by atoms with van der Waals surface area (Å²) < 4.78 is 0. The molecule has 0 radical (unpaired) electrons. The summed E-state index contributed by atoms with van der Waals surface area (Å²) in [7, 11) is 1.98. The van der Waals surface area contributed by atoms with Gasteiger partial charge in [-0.15, -0.1) is 0 Å². The van der Waals surface area contributed by atoms with E-state index in [9.17, 15) is 0 Å². The summed E-state index contributed by atoms with van der Waals surface area (Å²) in [4.78, 5) is 0. The van der Waals surface area contributed by atoms with Crippen LogP contribution in [-0.2, 0) is 5.41 Å². The van der Waals surface area contributed by atoms with Gasteiger partial charge in [0, 0.05) is 5.56 Å². The van der Waals surface area contributed by atoms with E-state index in [1.54, 1.807) is 0 Å². The normalized spacial score (nSPS) is 13.4. The second-order valence-corrected chi connectivity index (χ2v) is 12.3. The molecule has 1 atom stereocenters. The molecule has 0 aliphatic heterocycles. The van der Waals surface area contributed by atoms with E-state index in [1.165, 1.54) is 50.1 Å². The van der Waals surface area contributed by atoms with Gasteiger partial charge >= 0.3 is 0 Å². The summed E-state index contributed by atoms with van der Waals surface area (Å²) in [5, 5.41) is 3.43. The molecule has 48 heavy (non-hydrogen) atoms. The fourth-order valence-corrected chi connectivity index (χ4v) is 7.54. The van der Waals surface area contributed by atoms with Crippen molar-refractivity contribution in [3.05, 3.63) is 210 Å². The molecule has 1 unspecified atom stereocenters. The fraction of sp³-hybridized carbons (Fsp3) is 0.0667. The average molecular weight is 620 g/mol. The van der Waals surface area contributed by atoms with Crippen LogP contribution in [0.2, 0.25) is 0 Å². The predicted octanol–water partition coefficient (Wildman–Crippen LogP) is 10.2. The average Bonchev–Trinajstić information content (AvgIpc) is 3.47. The third-order valence-corrected chi connectivity index (χ3v) is 9.65. The van der Waals surface area contributed by atoms with Crippen LogP contribution in [0.5, 0.6) is 0 Å². The second-order valence-electron chi connectivity index (χ2n) is 12.3. The van der Waals surface area contributed by atoms with Gasteiger partial charge in [-0.25, -0.2) is 5.43 Å². The van der Waals surface area contributed by atoms with E-state index >= 15 is 0 Å². The minimum Gasteiger partial charge on any atom is -0.319 e. The first-order chi connectivity index (χ1) is 23.8. The zero-order valence-corrected chi connectivity index (χ0v) is 26.9. The SMILES string of the molecule is CNC(NNc1ccc2c(c1-c1cccc(-c3ccccc3)c1)-c1ccccc1C2(c1ccccc1)c1ccccc1)c1ccccc1. The molecule has 0 saturated heterocycles. The number of hydrogen-bond acceptors (Lipinski definition) is 3. The molecule has 0 aromatic heterocycles. The molecule has 232 valence electrons. The van der Waals surface area contributed by atoms with Crippen LogP contribution in [0.4, 0.5) is 5.69 Å². The van der Waals surface area contributed by atoms with E-state index in [4.69, 9.17) is 0 Å². The van der Waals surface area contributed by atoms with E-state index < -0.39 is 5.41 Å². The van der Waals surface area contributed by atoms with E-state index in [-0.39, 0.29) is 6.17 Å². The zero-order valence-electron chi connectivity index (χ0n) is 26.9. The summed E-state index contributed by atoms with van der Waals surface area (Å²) in [5.74, 6) is 0. The standard InChI is InChI=1S/C45H37N3/c1-46-44(33-19-8-3-9-20-33)48-47-41-30-29-40-43(42(41)35-22-16-21-34(31-35)32-17-6-2-7-18-32)38-27-14-15-28-39(38)45(40,36-23-10-4-11-24-36)37-25-12-5-13-26-37/h2-31,44,46-48H,1H3. The number of anilines is 1. The van der Waals surface area contributed by atoms with Crippen molar-refractivity contribution in [2.45, 2.75) is 11.6 Å². The molecule has 0 heterocycles. The first-order valence-electron chi connectivity index (χ1n) is 16.6. The second kappa shape index (κ2) is 12.8. The largest absolute Gasteiger partial charge is 0.319 e. The number of hydrogen-bond donors (Lipinski definition) is 3. The molecule has 0 amide bonds. The van der Waals surface area contributed by atoms with Crippen LogP contribution >= 0.6 is 0 Å². The molecule has 7 aromatic carbocycles. The van der Waals surface area contributed by atoms with Crippen LogP contribution < -0.4 is 16.2 Å². The molecule has 0 bridgehead atoms. The van der Waals surface area contributed by atoms with Gasteiger partial charge in [0.05, 0.1) is 11.1 Å². The Labute approximate surface area is 282 Å². The van der Waals surface area contributed by atoms with Crippen molar-refractivity contribution in [2.24, 2.45) is 0 Å². The molecule has 0 spiro atoms. The molecule has 1 aliphatic carbocycles. The summed E-state index contributed by atoms with van der Waals surface area (Å²) in [5.41, 5.74) is 21.2. The van der Waals surface area contributed by atoms with E-state index in [1.807, 2.05) is 13.1 Å². The van der Waals surface area contributed by atoms with Crippen LogP contribution in [0.25, 0.3) is 33.4 Å². The van der Waals surface area contributed by atoms with Crippen molar-refractivity contribution < 1.29 is 0 Å². The van der Waals surface area contributed by atoms with Gasteiger partial charge in [-0.2, -0.15) is 0 Å². The summed E-state index contributed by atoms with van der Waals surface area (Å²) in [6, 6.07) is 65.5. The van der Waals surface area contributed by atoms with Crippen molar-refractivity contribution in [3.63, 3.8) is 0 Å². The number of hydrazine groups is 1. The lowest BCUT2D eigenvalue weighted by atomic mass is 9.67. The van der Waals surface area contributed by atoms with E-state index in [0.717, 1.165) is 16.8 Å². The van der Waals surface area contributed by atoms with E-state index in [0.29, 0.717) is 0 Å². The zero-order chi connectivity index (χ0) is 32.3. The number of nitrogens with one attached hydrogen (secondary N) is 3. The molecule has 1 aliphatic rings. The molecular weight excluding hydrogens is 583 g/mol. The minimum absolute atomic E-state index is 0.0945. The molecule has 0 saturated carbocycles. The number of fused-ring (bicyclic) bond motifs is 3. The summed E-state index contributed by atoms with van der Waals surface area (Å²) in [6.07, 6.45) is -0.0945. The molecule has 7 aromatic rings. The van der Waals surface area contributed by atoms with Gasteiger partial charge in [-0.3, -0.25) is 5.32 Å². The maximum Gasteiger partial charge on any atom is 0.100 e. The van der Waals surface area contributed by atoms with Crippen LogP contribution in [0, 0.1) is 0 Å². The third kappa shape index (κ3) is 5.01. The molecular formula is C45H37N3. The van der Waals surface area contributed by atoms with Crippen LogP contribution in [0.3, 0.4) is 0 Å². The molecule has 3 N–H and O–H groups in total. The first-order valence-corrected chi connectivity index (χ1v) is 16.6. The van der Waals surface area contributed by atoms with Crippen LogP contribution in [0.1, 0.15) is 34.0 Å². The van der Waals surface area contributed by atoms with Gasteiger partial charge in [-0.1, -0.05) is 170 Å². The van der Waals surface area contributed by atoms with Gasteiger partial charge in [0.15, 0.2) is 0 Å². The van der Waals surface area contributed by atoms with Crippen LogP contribution in [0.15, 0.2) is 182 Å². The van der Waals surface area contributed by atoms with Crippen molar-refractivity contribution >= 4 is 5.69 Å². The summed E-state index contributed by atoms with van der Waals surface area (Å²) >= 11 is 0. The maximum atomic E-state index is 3.68. The van der Waals surface area contributed by atoms with Crippen molar-refractivity contribution in [3.8, 4) is 33.4 Å². The van der Waals surface area contributed by atoms with Gasteiger partial charge < -0.3 is 5.43 Å². The van der Waals surface area contributed by atoms with Gasteiger partial charge in [0.25, 0.3) is 0 Å². The highest BCUT2D eigenvalue weighted by atomic mass is 15.4. The number of benzene rings is 7. The first kappa shape index (κ1) is 29.6. The van der Waals surface area contributed by atoms with Gasteiger partial charge in [0.2, 0.25) is 0 Å². The van der Waals surface area contributed by atoms with Gasteiger partial charge in [0.1, 0.15) is 6.17 Å². The Morgan fingerprint density at radius 1 is 0.458 bits per heavy atom. The smallest absolute Gasteiger partial charge is 0.100 e. The maximum absolute atomic E-state index is 3.68. The van der Waals surface area contributed by atoms with Gasteiger partial charge in [-0.05, 0) is 74.8 Å². The predicted molar refractivity (Wildman–Crippen MR) is 200 cm³/mol. The topological polar surface area (TPSA) is 36.1 Å². The Balaban J connectivity index is 1.40. The monoisotopic (exact) mass is 619 g/mol. The van der Waals surface area contributed by atoms with Crippen molar-refractivity contribution in [1.82, 2.24) is 10.7 Å². The summed E-state index contributed by atoms with van der Waals surface area (Å²) in [6.45, 7) is 0. The lowest BCUT2D eigenvalue weighted by Crippen LogP contribution is -2.36. The Morgan fingerprint density at radius 2 is 1.02 bits per heavy atom. The highest BCUT2D eigenvalue weighted by Gasteiger charge is 2.47. The quantitative estimate of drug-likeness (QED) is 0.111. The van der Waals surface area contributed by atoms with Crippen LogP contribution in [-0.4, -0.2) is 7.05 Å². The lowest BCUT2D eigenvalue weighted by molar-refractivity contribution is 0.516. The molecule has 0 fully saturated rings. The third-order valence-electron chi connectivity index (χ3n) is 9.65. The van der Waals surface area contributed by atoms with Crippen molar-refractivity contribution in [2.75, 3.05) is 12.5 Å². The van der Waals surface area contributed by atoms with E-state index in [2.05, 4.69) is 192 Å². The lowest BCUT2D eigenvalue weighted by Gasteiger charge is -2.34. The molecule has 8 rings (SSSR count). The minimum atomic E-state index is -0.482. The Hall–Kier alpha value is -5.74. The highest BCUT2D eigenvalue weighted by molar-refractivity contribution is 6.00. The Morgan fingerprint density at radius 3 is 1.69 bits per heavy atom. The Kier molecular flexibility index (Phi) is 7.91. The highest BCUT2D eigenvalue weighted by Crippen LogP contribution is 2.59. The molecule has 3 heteroatoms. The fourth-order valence-electron chi connectivity index (χ4n) is 7.54. The number of rotatable bonds is 9. The molecule has 3 nitrogen and oxygen atoms in total. The Bertz CT molecular complexity index is 2120. The van der Waals surface area contributed by atoms with Crippen molar-refractivity contribution in [1.29, 1.82) is 0 Å².